The molecule has 0 saturated carbocycles. The molecule has 0 saturated heterocycles. The molecule has 0 fully saturated rings. The van der Waals surface area contributed by atoms with E-state index < -0.39 is 29.0 Å². The zero-order valence-electron chi connectivity index (χ0n) is 18.7. The monoisotopic (exact) mass is 524 g/mol. The molecule has 0 atom stereocenters. The van der Waals surface area contributed by atoms with Crippen LogP contribution in [0.4, 0.5) is 26.3 Å². The molecule has 2 nitrogen and oxygen atoms in total. The molecule has 2 heterocycles. The highest BCUT2D eigenvalue weighted by atomic mass is 32.1. The quantitative estimate of drug-likeness (QED) is 0.167. The van der Waals surface area contributed by atoms with Crippen LogP contribution in [-0.4, -0.2) is 10.2 Å². The third-order valence-corrected chi connectivity index (χ3v) is 7.34. The van der Waals surface area contributed by atoms with Gasteiger partial charge in [0.05, 0.1) is 16.0 Å². The van der Waals surface area contributed by atoms with Crippen molar-refractivity contribution in [3.05, 3.63) is 96.1 Å². The summed E-state index contributed by atoms with van der Waals surface area (Å²) in [6.07, 6.45) is -9.96. The molecular weight excluding hydrogens is 510 g/mol. The Morgan fingerprint density at radius 1 is 0.568 bits per heavy atom. The topological polar surface area (TPSA) is 25.8 Å². The first-order chi connectivity index (χ1) is 17.6. The van der Waals surface area contributed by atoms with Crippen LogP contribution in [0.25, 0.3) is 53.5 Å². The Hall–Kier alpha value is -3.98. The van der Waals surface area contributed by atoms with E-state index >= 15 is 0 Å². The third kappa shape index (κ3) is 4.09. The number of hydrogen-bond acceptors (Lipinski definition) is 3. The number of aromatic nitrogens is 2. The summed E-state index contributed by atoms with van der Waals surface area (Å²) in [5.74, 6) is 0. The normalized spacial score (nSPS) is 12.6. The van der Waals surface area contributed by atoms with E-state index in [1.165, 1.54) is 11.3 Å². The van der Waals surface area contributed by atoms with Gasteiger partial charge >= 0.3 is 12.4 Å². The molecule has 0 bridgehead atoms. The Morgan fingerprint density at radius 2 is 1.16 bits per heavy atom. The minimum atomic E-state index is -5.04. The Morgan fingerprint density at radius 3 is 1.78 bits per heavy atom. The molecule has 0 spiro atoms. The number of benzene rings is 4. The van der Waals surface area contributed by atoms with Crippen molar-refractivity contribution in [2.75, 3.05) is 0 Å². The third-order valence-electron chi connectivity index (χ3n) is 6.21. The van der Waals surface area contributed by atoms with Crippen LogP contribution in [0.2, 0.25) is 0 Å². The lowest BCUT2D eigenvalue weighted by molar-refractivity contribution is -0.142. The van der Waals surface area contributed by atoms with E-state index in [0.717, 1.165) is 31.8 Å². The molecule has 0 aliphatic heterocycles. The maximum atomic E-state index is 14.0. The fourth-order valence-electron chi connectivity index (χ4n) is 4.48. The predicted molar refractivity (Wildman–Crippen MR) is 133 cm³/mol. The first-order valence-corrected chi connectivity index (χ1v) is 11.9. The van der Waals surface area contributed by atoms with Crippen LogP contribution in [0, 0.1) is 0 Å². The standard InChI is InChI=1S/C28H14F6N2S/c29-27(30,31)18-9-10-19(22(14-18)28(32,33)34)25-20-11-15-5-1-2-6-16(15)12-21(20)26(36-35-25)24-13-17-7-3-4-8-23(17)37-24/h1-14H. The summed E-state index contributed by atoms with van der Waals surface area (Å²) in [4.78, 5) is 0.781. The fraction of sp³-hybridized carbons (Fsp3) is 0.0714. The van der Waals surface area contributed by atoms with E-state index in [2.05, 4.69) is 10.2 Å². The van der Waals surface area contributed by atoms with Crippen LogP contribution in [0.3, 0.4) is 0 Å². The number of halogens is 6. The fourth-order valence-corrected chi connectivity index (χ4v) is 5.54. The van der Waals surface area contributed by atoms with Gasteiger partial charge in [-0.1, -0.05) is 48.5 Å². The van der Waals surface area contributed by atoms with Crippen LogP contribution in [0.15, 0.2) is 84.9 Å². The number of fused-ring (bicyclic) bond motifs is 3. The van der Waals surface area contributed by atoms with Gasteiger partial charge < -0.3 is 0 Å². The molecule has 184 valence electrons. The lowest BCUT2D eigenvalue weighted by Gasteiger charge is -2.17. The summed E-state index contributed by atoms with van der Waals surface area (Å²) in [7, 11) is 0. The average Bonchev–Trinajstić information content (AvgIpc) is 3.29. The van der Waals surface area contributed by atoms with Gasteiger partial charge in [0, 0.05) is 21.0 Å². The van der Waals surface area contributed by atoms with Crippen LogP contribution < -0.4 is 0 Å². The molecule has 0 amide bonds. The number of alkyl halides is 6. The molecule has 0 unspecified atom stereocenters. The van der Waals surface area contributed by atoms with E-state index in [1.807, 2.05) is 54.6 Å². The van der Waals surface area contributed by atoms with Gasteiger partial charge in [0.15, 0.2) is 0 Å². The van der Waals surface area contributed by atoms with E-state index in [-0.39, 0.29) is 11.8 Å². The summed E-state index contributed by atoms with van der Waals surface area (Å²) in [5, 5.41) is 12.0. The van der Waals surface area contributed by atoms with Crippen LogP contribution in [0.1, 0.15) is 11.1 Å². The van der Waals surface area contributed by atoms with Gasteiger partial charge in [-0.15, -0.1) is 21.5 Å². The SMILES string of the molecule is FC(F)(F)c1ccc(-c2nnc(-c3cc4ccccc4s3)c3cc4ccccc4cc23)c(C(F)(F)F)c1. The van der Waals surface area contributed by atoms with E-state index in [0.29, 0.717) is 22.5 Å². The molecule has 6 rings (SSSR count). The molecule has 0 aliphatic rings. The van der Waals surface area contributed by atoms with Crippen molar-refractivity contribution >= 4 is 43.0 Å². The van der Waals surface area contributed by atoms with Crippen molar-refractivity contribution in [1.82, 2.24) is 10.2 Å². The van der Waals surface area contributed by atoms with Crippen molar-refractivity contribution in [2.45, 2.75) is 12.4 Å². The highest BCUT2D eigenvalue weighted by Gasteiger charge is 2.39. The van der Waals surface area contributed by atoms with Crippen molar-refractivity contribution in [2.24, 2.45) is 0 Å². The summed E-state index contributed by atoms with van der Waals surface area (Å²) in [6, 6.07) is 22.1. The molecule has 37 heavy (non-hydrogen) atoms. The number of thiophene rings is 1. The van der Waals surface area contributed by atoms with Crippen LogP contribution >= 0.6 is 11.3 Å². The zero-order chi connectivity index (χ0) is 25.9. The second-order valence-electron chi connectivity index (χ2n) is 8.55. The Labute approximate surface area is 209 Å². The summed E-state index contributed by atoms with van der Waals surface area (Å²) in [5.41, 5.74) is -2.90. The van der Waals surface area contributed by atoms with Gasteiger partial charge in [-0.05, 0) is 52.6 Å². The molecule has 2 aromatic heterocycles. The minimum Gasteiger partial charge on any atom is -0.166 e. The number of rotatable bonds is 2. The first-order valence-electron chi connectivity index (χ1n) is 11.1. The van der Waals surface area contributed by atoms with Crippen molar-refractivity contribution in [3.63, 3.8) is 0 Å². The van der Waals surface area contributed by atoms with Crippen molar-refractivity contribution < 1.29 is 26.3 Å². The number of hydrogen-bond donors (Lipinski definition) is 0. The van der Waals surface area contributed by atoms with Gasteiger partial charge in [0.25, 0.3) is 0 Å². The van der Waals surface area contributed by atoms with E-state index in [1.54, 1.807) is 12.1 Å². The largest absolute Gasteiger partial charge is 0.417 e. The molecule has 0 aliphatic carbocycles. The van der Waals surface area contributed by atoms with Gasteiger partial charge in [-0.2, -0.15) is 26.3 Å². The second kappa shape index (κ2) is 8.27. The van der Waals surface area contributed by atoms with Gasteiger partial charge in [-0.3, -0.25) is 0 Å². The van der Waals surface area contributed by atoms with Gasteiger partial charge in [0.1, 0.15) is 11.4 Å². The lowest BCUT2D eigenvalue weighted by atomic mass is 9.95. The number of nitrogens with zero attached hydrogens (tertiary/aromatic N) is 2. The van der Waals surface area contributed by atoms with Crippen molar-refractivity contribution in [3.8, 4) is 21.8 Å². The molecule has 9 heteroatoms. The predicted octanol–water partition coefficient (Wildman–Crippen LogP) is 9.37. The van der Waals surface area contributed by atoms with Crippen LogP contribution in [-0.2, 0) is 12.4 Å². The molecule has 6 aromatic rings. The van der Waals surface area contributed by atoms with E-state index in [9.17, 15) is 26.3 Å². The molecular formula is C28H14F6N2S. The highest BCUT2D eigenvalue weighted by molar-refractivity contribution is 7.22. The minimum absolute atomic E-state index is 0.129. The van der Waals surface area contributed by atoms with Gasteiger partial charge in [-0.25, -0.2) is 0 Å². The Balaban J connectivity index is 1.67. The molecule has 0 radical (unpaired) electrons. The highest BCUT2D eigenvalue weighted by Crippen LogP contribution is 2.44. The Bertz CT molecular complexity index is 1790. The lowest BCUT2D eigenvalue weighted by Crippen LogP contribution is -2.12. The summed E-state index contributed by atoms with van der Waals surface area (Å²) < 4.78 is 82.8. The average molecular weight is 524 g/mol. The Kier molecular flexibility index (Phi) is 5.24. The van der Waals surface area contributed by atoms with Crippen molar-refractivity contribution in [1.29, 1.82) is 0 Å². The maximum absolute atomic E-state index is 14.0. The smallest absolute Gasteiger partial charge is 0.166 e. The summed E-state index contributed by atoms with van der Waals surface area (Å²) in [6.45, 7) is 0. The molecule has 4 aromatic carbocycles. The second-order valence-corrected chi connectivity index (χ2v) is 9.63. The van der Waals surface area contributed by atoms with Crippen LogP contribution in [0.5, 0.6) is 0 Å². The van der Waals surface area contributed by atoms with Gasteiger partial charge in [0.2, 0.25) is 0 Å². The molecule has 0 N–H and O–H groups in total. The summed E-state index contributed by atoms with van der Waals surface area (Å²) >= 11 is 1.48. The zero-order valence-corrected chi connectivity index (χ0v) is 19.5. The maximum Gasteiger partial charge on any atom is 0.417 e. The van der Waals surface area contributed by atoms with E-state index in [4.69, 9.17) is 0 Å². The first kappa shape index (κ1) is 23.4.